The summed E-state index contributed by atoms with van der Waals surface area (Å²) in [6.07, 6.45) is 3.43. The molecular weight excluding hydrogens is 166 g/mol. The SMILES string of the molecule is CC(C)C(CN)C(=O)OC1CCC1. The molecule has 2 N–H and O–H groups in total. The van der Waals surface area contributed by atoms with E-state index in [1.165, 1.54) is 6.42 Å². The van der Waals surface area contributed by atoms with E-state index < -0.39 is 0 Å². The Labute approximate surface area is 79.6 Å². The first-order chi connectivity index (χ1) is 6.15. The van der Waals surface area contributed by atoms with E-state index in [1.807, 2.05) is 13.8 Å². The summed E-state index contributed by atoms with van der Waals surface area (Å²) in [7, 11) is 0. The molecule has 1 aliphatic carbocycles. The van der Waals surface area contributed by atoms with Crippen LogP contribution < -0.4 is 5.73 Å². The van der Waals surface area contributed by atoms with Crippen LogP contribution in [0.2, 0.25) is 0 Å². The van der Waals surface area contributed by atoms with Crippen molar-refractivity contribution in [2.45, 2.75) is 39.2 Å². The van der Waals surface area contributed by atoms with E-state index in [0.29, 0.717) is 6.54 Å². The van der Waals surface area contributed by atoms with Crippen LogP contribution in [0.15, 0.2) is 0 Å². The minimum atomic E-state index is -0.124. The molecule has 76 valence electrons. The van der Waals surface area contributed by atoms with Crippen molar-refractivity contribution in [1.29, 1.82) is 0 Å². The third-order valence-electron chi connectivity index (χ3n) is 2.70. The van der Waals surface area contributed by atoms with E-state index in [1.54, 1.807) is 0 Å². The van der Waals surface area contributed by atoms with E-state index in [0.717, 1.165) is 12.8 Å². The molecule has 1 fully saturated rings. The Morgan fingerprint density at radius 1 is 1.54 bits per heavy atom. The van der Waals surface area contributed by atoms with Crippen molar-refractivity contribution in [2.75, 3.05) is 6.54 Å². The third kappa shape index (κ3) is 2.69. The van der Waals surface area contributed by atoms with E-state index in [4.69, 9.17) is 10.5 Å². The van der Waals surface area contributed by atoms with Gasteiger partial charge in [-0.15, -0.1) is 0 Å². The summed E-state index contributed by atoms with van der Waals surface area (Å²) in [4.78, 5) is 11.5. The molecule has 0 aliphatic heterocycles. The maximum absolute atomic E-state index is 11.5. The van der Waals surface area contributed by atoms with E-state index in [9.17, 15) is 4.79 Å². The Kier molecular flexibility index (Phi) is 3.72. The van der Waals surface area contributed by atoms with E-state index in [-0.39, 0.29) is 23.9 Å². The van der Waals surface area contributed by atoms with Crippen LogP contribution in [-0.4, -0.2) is 18.6 Å². The Bertz CT molecular complexity index is 176. The van der Waals surface area contributed by atoms with Gasteiger partial charge >= 0.3 is 5.97 Å². The van der Waals surface area contributed by atoms with Gasteiger partial charge in [-0.05, 0) is 25.2 Å². The summed E-state index contributed by atoms with van der Waals surface area (Å²) >= 11 is 0. The van der Waals surface area contributed by atoms with Crippen LogP contribution in [0, 0.1) is 11.8 Å². The number of carbonyl (C=O) groups excluding carboxylic acids is 1. The van der Waals surface area contributed by atoms with Gasteiger partial charge in [0, 0.05) is 6.54 Å². The molecule has 1 aliphatic rings. The predicted octanol–water partition coefficient (Wildman–Crippen LogP) is 1.31. The second-order valence-electron chi connectivity index (χ2n) is 4.08. The topological polar surface area (TPSA) is 52.3 Å². The highest BCUT2D eigenvalue weighted by Crippen LogP contribution is 2.24. The molecule has 0 aromatic carbocycles. The fraction of sp³-hybridized carbons (Fsp3) is 0.900. The number of carbonyl (C=O) groups is 1. The number of ether oxygens (including phenoxy) is 1. The van der Waals surface area contributed by atoms with Crippen molar-refractivity contribution in [3.05, 3.63) is 0 Å². The van der Waals surface area contributed by atoms with Gasteiger partial charge < -0.3 is 10.5 Å². The van der Waals surface area contributed by atoms with Crippen LogP contribution in [0.4, 0.5) is 0 Å². The molecule has 0 saturated heterocycles. The number of nitrogens with two attached hydrogens (primary N) is 1. The van der Waals surface area contributed by atoms with E-state index >= 15 is 0 Å². The molecule has 0 radical (unpaired) electrons. The molecule has 3 heteroatoms. The zero-order valence-electron chi connectivity index (χ0n) is 8.45. The lowest BCUT2D eigenvalue weighted by Crippen LogP contribution is -2.34. The van der Waals surface area contributed by atoms with Gasteiger partial charge in [-0.2, -0.15) is 0 Å². The minimum Gasteiger partial charge on any atom is -0.462 e. The van der Waals surface area contributed by atoms with Gasteiger partial charge in [-0.1, -0.05) is 13.8 Å². The molecule has 1 rings (SSSR count). The summed E-state index contributed by atoms with van der Waals surface area (Å²) in [5.41, 5.74) is 5.51. The van der Waals surface area contributed by atoms with Crippen molar-refractivity contribution in [2.24, 2.45) is 17.6 Å². The average molecular weight is 185 g/mol. The Balaban J connectivity index is 2.34. The molecule has 0 amide bonds. The smallest absolute Gasteiger partial charge is 0.310 e. The lowest BCUT2D eigenvalue weighted by atomic mass is 9.94. The molecule has 0 heterocycles. The Hall–Kier alpha value is -0.570. The molecule has 0 bridgehead atoms. The van der Waals surface area contributed by atoms with Crippen molar-refractivity contribution in [1.82, 2.24) is 0 Å². The monoisotopic (exact) mass is 185 g/mol. The van der Waals surface area contributed by atoms with Gasteiger partial charge in [0.25, 0.3) is 0 Å². The van der Waals surface area contributed by atoms with Crippen molar-refractivity contribution >= 4 is 5.97 Å². The van der Waals surface area contributed by atoms with Crippen LogP contribution in [0.25, 0.3) is 0 Å². The standard InChI is InChI=1S/C10H19NO2/c1-7(2)9(6-11)10(12)13-8-4-3-5-8/h7-9H,3-6,11H2,1-2H3. The maximum atomic E-state index is 11.5. The van der Waals surface area contributed by atoms with Crippen molar-refractivity contribution in [3.8, 4) is 0 Å². The van der Waals surface area contributed by atoms with Crippen LogP contribution in [0.1, 0.15) is 33.1 Å². The van der Waals surface area contributed by atoms with Crippen molar-refractivity contribution < 1.29 is 9.53 Å². The highest BCUT2D eigenvalue weighted by molar-refractivity contribution is 5.73. The van der Waals surface area contributed by atoms with Gasteiger partial charge in [0.15, 0.2) is 0 Å². The molecule has 0 aromatic rings. The van der Waals surface area contributed by atoms with Gasteiger partial charge in [-0.3, -0.25) is 4.79 Å². The second-order valence-corrected chi connectivity index (χ2v) is 4.08. The zero-order valence-corrected chi connectivity index (χ0v) is 8.45. The first kappa shape index (κ1) is 10.5. The van der Waals surface area contributed by atoms with E-state index in [2.05, 4.69) is 0 Å². The normalized spacial score (nSPS) is 19.7. The van der Waals surface area contributed by atoms with Crippen LogP contribution in [0.5, 0.6) is 0 Å². The van der Waals surface area contributed by atoms with Gasteiger partial charge in [-0.25, -0.2) is 0 Å². The average Bonchev–Trinajstić information content (AvgIpc) is 1.97. The third-order valence-corrected chi connectivity index (χ3v) is 2.70. The molecule has 0 aromatic heterocycles. The molecule has 1 unspecified atom stereocenters. The summed E-state index contributed by atoms with van der Waals surface area (Å²) in [6.45, 7) is 4.39. The lowest BCUT2D eigenvalue weighted by molar-refractivity contribution is -0.159. The highest BCUT2D eigenvalue weighted by atomic mass is 16.5. The first-order valence-electron chi connectivity index (χ1n) is 5.05. The number of rotatable bonds is 4. The number of hydrogen-bond donors (Lipinski definition) is 1. The summed E-state index contributed by atoms with van der Waals surface area (Å²) in [5, 5.41) is 0. The minimum absolute atomic E-state index is 0.109. The van der Waals surface area contributed by atoms with Crippen LogP contribution >= 0.6 is 0 Å². The molecule has 1 saturated carbocycles. The lowest BCUT2D eigenvalue weighted by Gasteiger charge is -2.28. The molecule has 1 atom stereocenters. The molecule has 3 nitrogen and oxygen atoms in total. The summed E-state index contributed by atoms with van der Waals surface area (Å²) < 4.78 is 5.28. The van der Waals surface area contributed by atoms with Crippen LogP contribution in [0.3, 0.4) is 0 Å². The fourth-order valence-electron chi connectivity index (χ4n) is 1.38. The second kappa shape index (κ2) is 4.61. The highest BCUT2D eigenvalue weighted by Gasteiger charge is 2.27. The molecule has 0 spiro atoms. The quantitative estimate of drug-likeness (QED) is 0.672. The maximum Gasteiger partial charge on any atom is 0.310 e. The number of esters is 1. The van der Waals surface area contributed by atoms with Crippen LogP contribution in [-0.2, 0) is 9.53 Å². The first-order valence-corrected chi connectivity index (χ1v) is 5.05. The largest absolute Gasteiger partial charge is 0.462 e. The summed E-state index contributed by atoms with van der Waals surface area (Å²) in [5.74, 6) is 0.0420. The summed E-state index contributed by atoms with van der Waals surface area (Å²) in [6, 6.07) is 0. The number of hydrogen-bond acceptors (Lipinski definition) is 3. The van der Waals surface area contributed by atoms with Gasteiger partial charge in [0.05, 0.1) is 5.92 Å². The fourth-order valence-corrected chi connectivity index (χ4v) is 1.38. The zero-order chi connectivity index (χ0) is 9.84. The van der Waals surface area contributed by atoms with Crippen molar-refractivity contribution in [3.63, 3.8) is 0 Å². The predicted molar refractivity (Wildman–Crippen MR) is 51.1 cm³/mol. The molecular formula is C10H19NO2. The Morgan fingerprint density at radius 3 is 2.46 bits per heavy atom. The van der Waals surface area contributed by atoms with Gasteiger partial charge in [0.1, 0.15) is 6.10 Å². The Morgan fingerprint density at radius 2 is 2.15 bits per heavy atom. The van der Waals surface area contributed by atoms with Gasteiger partial charge in [0.2, 0.25) is 0 Å². The molecule has 13 heavy (non-hydrogen) atoms.